The molecule has 10 heteroatoms. The van der Waals surface area contributed by atoms with E-state index in [1.807, 2.05) is 0 Å². The van der Waals surface area contributed by atoms with Gasteiger partial charge in [0.2, 0.25) is 5.91 Å². The number of anilines is 1. The molecule has 0 bridgehead atoms. The van der Waals surface area contributed by atoms with Gasteiger partial charge in [0.05, 0.1) is 16.7 Å². The molecular weight excluding hydrogens is 401 g/mol. The first-order chi connectivity index (χ1) is 12.7. The van der Waals surface area contributed by atoms with E-state index in [9.17, 15) is 22.8 Å². The van der Waals surface area contributed by atoms with Crippen molar-refractivity contribution in [2.75, 3.05) is 11.9 Å². The third kappa shape index (κ3) is 4.58. The van der Waals surface area contributed by atoms with Crippen LogP contribution in [-0.4, -0.2) is 27.6 Å². The monoisotopic (exact) mass is 412 g/mol. The summed E-state index contributed by atoms with van der Waals surface area (Å²) in [6.07, 6.45) is -1.56. The van der Waals surface area contributed by atoms with Crippen molar-refractivity contribution in [2.45, 2.75) is 6.18 Å². The van der Waals surface area contributed by atoms with Crippen LogP contribution in [0.2, 0.25) is 0 Å². The fourth-order valence-corrected chi connectivity index (χ4v) is 3.49. The van der Waals surface area contributed by atoms with E-state index < -0.39 is 30.1 Å². The Morgan fingerprint density at radius 2 is 2.07 bits per heavy atom. The highest BCUT2D eigenvalue weighted by Crippen LogP contribution is 2.33. The third-order valence-corrected chi connectivity index (χ3v) is 4.84. The number of alkyl halides is 3. The smallest absolute Gasteiger partial charge is 0.416 e. The SMILES string of the molecule is O=C(CN1C(=O)/C(=C/c2ccco2)SC1=S)Nc1cccc(C(F)(F)F)c1. The first-order valence-corrected chi connectivity index (χ1v) is 8.72. The molecule has 1 aromatic heterocycles. The maximum atomic E-state index is 12.7. The molecule has 3 rings (SSSR count). The molecular formula is C17H11F3N2O3S2. The molecule has 1 saturated heterocycles. The van der Waals surface area contributed by atoms with Gasteiger partial charge in [-0.05, 0) is 30.3 Å². The van der Waals surface area contributed by atoms with E-state index in [0.717, 1.165) is 28.8 Å². The van der Waals surface area contributed by atoms with Gasteiger partial charge in [-0.2, -0.15) is 13.2 Å². The Kier molecular flexibility index (Phi) is 5.38. The van der Waals surface area contributed by atoms with Gasteiger partial charge in [0.15, 0.2) is 0 Å². The maximum absolute atomic E-state index is 12.7. The molecule has 140 valence electrons. The van der Waals surface area contributed by atoms with Crippen LogP contribution in [0.1, 0.15) is 11.3 Å². The largest absolute Gasteiger partial charge is 0.465 e. The quantitative estimate of drug-likeness (QED) is 0.604. The molecule has 1 fully saturated rings. The second kappa shape index (κ2) is 7.57. The average molecular weight is 412 g/mol. The minimum atomic E-state index is -4.52. The molecule has 0 atom stereocenters. The van der Waals surface area contributed by atoms with E-state index in [2.05, 4.69) is 5.32 Å². The number of hydrogen-bond donors (Lipinski definition) is 1. The molecule has 1 aromatic carbocycles. The van der Waals surface area contributed by atoms with Gasteiger partial charge in [-0.25, -0.2) is 0 Å². The summed E-state index contributed by atoms with van der Waals surface area (Å²) < 4.78 is 43.5. The average Bonchev–Trinajstić information content (AvgIpc) is 3.19. The summed E-state index contributed by atoms with van der Waals surface area (Å²) in [7, 11) is 0. The summed E-state index contributed by atoms with van der Waals surface area (Å²) in [5.41, 5.74) is -0.904. The van der Waals surface area contributed by atoms with Crippen LogP contribution in [0.25, 0.3) is 6.08 Å². The van der Waals surface area contributed by atoms with Crippen molar-refractivity contribution in [1.29, 1.82) is 0 Å². The number of carbonyl (C=O) groups excluding carboxylic acids is 2. The van der Waals surface area contributed by atoms with Crippen molar-refractivity contribution in [3.63, 3.8) is 0 Å². The van der Waals surface area contributed by atoms with Crippen LogP contribution in [0, 0.1) is 0 Å². The van der Waals surface area contributed by atoms with Crippen molar-refractivity contribution in [3.05, 3.63) is 58.9 Å². The first-order valence-electron chi connectivity index (χ1n) is 7.50. The van der Waals surface area contributed by atoms with E-state index in [-0.39, 0.29) is 10.0 Å². The first kappa shape index (κ1) is 19.2. The molecule has 2 aromatic rings. The molecule has 2 heterocycles. The number of amides is 2. The minimum absolute atomic E-state index is 0.0219. The third-order valence-electron chi connectivity index (χ3n) is 3.47. The summed E-state index contributed by atoms with van der Waals surface area (Å²) in [4.78, 5) is 25.9. The van der Waals surface area contributed by atoms with Crippen LogP contribution < -0.4 is 5.32 Å². The van der Waals surface area contributed by atoms with Gasteiger partial charge in [-0.3, -0.25) is 14.5 Å². The Bertz CT molecular complexity index is 924. The van der Waals surface area contributed by atoms with Crippen molar-refractivity contribution >= 4 is 51.9 Å². The van der Waals surface area contributed by atoms with Gasteiger partial charge in [0, 0.05) is 11.8 Å². The number of rotatable bonds is 4. The van der Waals surface area contributed by atoms with E-state index in [1.165, 1.54) is 24.5 Å². The molecule has 0 saturated carbocycles. The number of thiocarbonyl (C=S) groups is 1. The Labute approximate surface area is 161 Å². The summed E-state index contributed by atoms with van der Waals surface area (Å²) in [6.45, 7) is -0.406. The molecule has 0 radical (unpaired) electrons. The number of benzene rings is 1. The van der Waals surface area contributed by atoms with Crippen LogP contribution >= 0.6 is 24.0 Å². The van der Waals surface area contributed by atoms with Crippen LogP contribution in [-0.2, 0) is 15.8 Å². The lowest BCUT2D eigenvalue weighted by molar-refractivity contribution is -0.137. The summed E-state index contributed by atoms with van der Waals surface area (Å²) in [5.74, 6) is -0.672. The van der Waals surface area contributed by atoms with Gasteiger partial charge in [-0.1, -0.05) is 30.0 Å². The molecule has 2 amide bonds. The highest BCUT2D eigenvalue weighted by atomic mass is 32.2. The second-order valence-corrected chi connectivity index (χ2v) is 7.09. The fraction of sp³-hybridized carbons (Fsp3) is 0.118. The summed E-state index contributed by atoms with van der Waals surface area (Å²) >= 11 is 6.13. The minimum Gasteiger partial charge on any atom is -0.465 e. The summed E-state index contributed by atoms with van der Waals surface area (Å²) in [5, 5.41) is 2.34. The van der Waals surface area contributed by atoms with Crippen molar-refractivity contribution < 1.29 is 27.2 Å². The molecule has 1 aliphatic rings. The van der Waals surface area contributed by atoms with Crippen molar-refractivity contribution in [2.24, 2.45) is 0 Å². The van der Waals surface area contributed by atoms with Crippen LogP contribution in [0.4, 0.5) is 18.9 Å². The van der Waals surface area contributed by atoms with Gasteiger partial charge in [0.25, 0.3) is 5.91 Å². The van der Waals surface area contributed by atoms with Crippen LogP contribution in [0.15, 0.2) is 52.0 Å². The molecule has 27 heavy (non-hydrogen) atoms. The number of carbonyl (C=O) groups is 2. The van der Waals surface area contributed by atoms with Crippen LogP contribution in [0.5, 0.6) is 0 Å². The van der Waals surface area contributed by atoms with Gasteiger partial charge >= 0.3 is 6.18 Å². The zero-order valence-electron chi connectivity index (χ0n) is 13.4. The Morgan fingerprint density at radius 1 is 1.30 bits per heavy atom. The fourth-order valence-electron chi connectivity index (χ4n) is 2.26. The van der Waals surface area contributed by atoms with E-state index in [0.29, 0.717) is 10.7 Å². The predicted octanol–water partition coefficient (Wildman–Crippen LogP) is 4.14. The number of nitrogens with zero attached hydrogens (tertiary/aromatic N) is 1. The Balaban J connectivity index is 1.68. The molecule has 0 aliphatic carbocycles. The zero-order chi connectivity index (χ0) is 19.6. The maximum Gasteiger partial charge on any atom is 0.416 e. The second-order valence-electron chi connectivity index (χ2n) is 5.41. The normalized spacial score (nSPS) is 16.3. The lowest BCUT2D eigenvalue weighted by Crippen LogP contribution is -2.36. The van der Waals surface area contributed by atoms with E-state index in [4.69, 9.17) is 16.6 Å². The molecule has 0 spiro atoms. The number of nitrogens with one attached hydrogen (secondary N) is 1. The van der Waals surface area contributed by atoms with Gasteiger partial charge in [-0.15, -0.1) is 0 Å². The Hall–Kier alpha value is -2.59. The van der Waals surface area contributed by atoms with Gasteiger partial charge < -0.3 is 9.73 Å². The van der Waals surface area contributed by atoms with E-state index >= 15 is 0 Å². The summed E-state index contributed by atoms with van der Waals surface area (Å²) in [6, 6.07) is 7.55. The van der Waals surface area contributed by atoms with Crippen molar-refractivity contribution in [3.8, 4) is 0 Å². The number of hydrogen-bond acceptors (Lipinski definition) is 5. The molecule has 1 aliphatic heterocycles. The zero-order valence-corrected chi connectivity index (χ0v) is 15.1. The van der Waals surface area contributed by atoms with Crippen molar-refractivity contribution in [1.82, 2.24) is 4.90 Å². The highest BCUT2D eigenvalue weighted by Gasteiger charge is 2.34. The number of thioether (sulfide) groups is 1. The topological polar surface area (TPSA) is 62.6 Å². The lowest BCUT2D eigenvalue weighted by Gasteiger charge is -2.15. The van der Waals surface area contributed by atoms with Crippen LogP contribution in [0.3, 0.4) is 0 Å². The predicted molar refractivity (Wildman–Crippen MR) is 98.7 cm³/mol. The molecule has 1 N–H and O–H groups in total. The Morgan fingerprint density at radius 3 is 2.74 bits per heavy atom. The van der Waals surface area contributed by atoms with E-state index in [1.54, 1.807) is 12.1 Å². The standard InChI is InChI=1S/C17H11F3N2O3S2/c18-17(19,20)10-3-1-4-11(7-10)21-14(23)9-22-15(24)13(27-16(22)26)8-12-5-2-6-25-12/h1-8H,9H2,(H,21,23)/b13-8-. The lowest BCUT2D eigenvalue weighted by atomic mass is 10.2. The molecule has 0 unspecified atom stereocenters. The number of halogens is 3. The van der Waals surface area contributed by atoms with Gasteiger partial charge in [0.1, 0.15) is 16.6 Å². The molecule has 5 nitrogen and oxygen atoms in total. The highest BCUT2D eigenvalue weighted by molar-refractivity contribution is 8.26. The number of furan rings is 1.